The van der Waals surface area contributed by atoms with Gasteiger partial charge in [-0.15, -0.1) is 11.3 Å². The number of alkyl halides is 3. The number of aromatic nitrogens is 2. The molecule has 0 atom stereocenters. The van der Waals surface area contributed by atoms with Gasteiger partial charge in [-0.2, -0.15) is 13.2 Å². The largest absolute Gasteiger partial charge is 0.416 e. The molecule has 1 amide bonds. The van der Waals surface area contributed by atoms with Crippen LogP contribution in [0.15, 0.2) is 58.8 Å². The van der Waals surface area contributed by atoms with Gasteiger partial charge in [0.05, 0.1) is 11.3 Å². The number of rotatable bonds is 3. The number of H-pyrrole nitrogens is 1. The van der Waals surface area contributed by atoms with Crippen molar-refractivity contribution in [3.05, 3.63) is 80.4 Å². The highest BCUT2D eigenvalue weighted by Crippen LogP contribution is 2.30. The Hall–Kier alpha value is -3.17. The first kappa shape index (κ1) is 20.1. The van der Waals surface area contributed by atoms with Gasteiger partial charge in [0, 0.05) is 33.1 Å². The SMILES string of the molecule is O=C(Nc1nc(-c2ccc(Cl)cc2)cs1)c1c[nH]c2cc(C(F)(F)F)ccc2c1=O. The molecule has 4 rings (SSSR count). The normalized spacial score (nSPS) is 11.6. The minimum atomic E-state index is -4.53. The van der Waals surface area contributed by atoms with Crippen LogP contribution in [0.4, 0.5) is 18.3 Å². The Labute approximate surface area is 176 Å². The Bertz CT molecular complexity index is 1310. The van der Waals surface area contributed by atoms with E-state index in [2.05, 4.69) is 15.3 Å². The van der Waals surface area contributed by atoms with Gasteiger partial charge in [0.2, 0.25) is 5.43 Å². The third-order valence-corrected chi connectivity index (χ3v) is 5.33. The molecule has 0 radical (unpaired) electrons. The third-order valence-electron chi connectivity index (χ3n) is 4.32. The van der Waals surface area contributed by atoms with Gasteiger partial charge in [0.15, 0.2) is 5.13 Å². The lowest BCUT2D eigenvalue weighted by Gasteiger charge is -2.08. The van der Waals surface area contributed by atoms with Gasteiger partial charge < -0.3 is 4.98 Å². The molecule has 0 unspecified atom stereocenters. The van der Waals surface area contributed by atoms with Crippen LogP contribution in [0, 0.1) is 0 Å². The number of carbonyl (C=O) groups is 1. The first-order valence-electron chi connectivity index (χ1n) is 8.48. The first-order valence-corrected chi connectivity index (χ1v) is 9.73. The molecule has 0 fully saturated rings. The number of pyridine rings is 1. The van der Waals surface area contributed by atoms with E-state index in [1.165, 1.54) is 11.3 Å². The second kappa shape index (κ2) is 7.58. The lowest BCUT2D eigenvalue weighted by molar-refractivity contribution is -0.137. The average Bonchev–Trinajstić information content (AvgIpc) is 3.16. The number of fused-ring (bicyclic) bond motifs is 1. The number of hydrogen-bond donors (Lipinski definition) is 2. The van der Waals surface area contributed by atoms with E-state index >= 15 is 0 Å². The summed E-state index contributed by atoms with van der Waals surface area (Å²) < 4.78 is 38.5. The van der Waals surface area contributed by atoms with E-state index in [1.807, 2.05) is 0 Å². The highest BCUT2D eigenvalue weighted by Gasteiger charge is 2.30. The van der Waals surface area contributed by atoms with Crippen LogP contribution in [-0.2, 0) is 6.18 Å². The maximum atomic E-state index is 12.8. The number of amides is 1. The van der Waals surface area contributed by atoms with E-state index in [1.54, 1.807) is 29.6 Å². The van der Waals surface area contributed by atoms with Crippen molar-refractivity contribution in [1.29, 1.82) is 0 Å². The summed E-state index contributed by atoms with van der Waals surface area (Å²) in [5.74, 6) is -0.713. The molecule has 5 nitrogen and oxygen atoms in total. The fourth-order valence-electron chi connectivity index (χ4n) is 2.82. The number of anilines is 1. The van der Waals surface area contributed by atoms with Crippen LogP contribution >= 0.6 is 22.9 Å². The molecule has 2 heterocycles. The minimum absolute atomic E-state index is 0.00866. The van der Waals surface area contributed by atoms with E-state index < -0.39 is 23.1 Å². The number of hydrogen-bond acceptors (Lipinski definition) is 4. The number of nitrogens with zero attached hydrogens (tertiary/aromatic N) is 1. The molecule has 2 aromatic heterocycles. The zero-order chi connectivity index (χ0) is 21.5. The molecule has 0 aliphatic carbocycles. The molecule has 0 aliphatic rings. The Morgan fingerprint density at radius 2 is 1.87 bits per heavy atom. The fourth-order valence-corrected chi connectivity index (χ4v) is 3.66. The Kier molecular flexibility index (Phi) is 5.08. The van der Waals surface area contributed by atoms with Gasteiger partial charge in [-0.05, 0) is 30.3 Å². The molecule has 10 heteroatoms. The second-order valence-electron chi connectivity index (χ2n) is 6.29. The summed E-state index contributed by atoms with van der Waals surface area (Å²) in [5, 5.41) is 5.12. The lowest BCUT2D eigenvalue weighted by Crippen LogP contribution is -2.22. The van der Waals surface area contributed by atoms with Crippen molar-refractivity contribution in [2.45, 2.75) is 6.18 Å². The van der Waals surface area contributed by atoms with Crippen molar-refractivity contribution in [1.82, 2.24) is 9.97 Å². The maximum Gasteiger partial charge on any atom is 0.416 e. The van der Waals surface area contributed by atoms with E-state index in [0.717, 1.165) is 30.0 Å². The number of carbonyl (C=O) groups excluding carboxylic acids is 1. The van der Waals surface area contributed by atoms with E-state index in [4.69, 9.17) is 11.6 Å². The molecule has 0 bridgehead atoms. The average molecular weight is 450 g/mol. The molecule has 0 saturated heterocycles. The van der Waals surface area contributed by atoms with Crippen molar-refractivity contribution in [3.63, 3.8) is 0 Å². The first-order chi connectivity index (χ1) is 14.2. The van der Waals surface area contributed by atoms with Crippen LogP contribution < -0.4 is 10.7 Å². The van der Waals surface area contributed by atoms with E-state index in [0.29, 0.717) is 10.7 Å². The maximum absolute atomic E-state index is 12.8. The van der Waals surface area contributed by atoms with Gasteiger partial charge in [-0.1, -0.05) is 23.7 Å². The quantitative estimate of drug-likeness (QED) is 0.429. The number of thiazole rings is 1. The number of nitrogens with one attached hydrogen (secondary N) is 2. The van der Waals surface area contributed by atoms with Crippen LogP contribution in [0.1, 0.15) is 15.9 Å². The molecule has 0 aliphatic heterocycles. The molecule has 4 aromatic rings. The van der Waals surface area contributed by atoms with Crippen molar-refractivity contribution >= 4 is 44.9 Å². The molecule has 30 heavy (non-hydrogen) atoms. The standard InChI is InChI=1S/C20H11ClF3N3O2S/c21-12-4-1-10(2-5-12)16-9-30-19(26-16)27-18(29)14-8-25-15-7-11(20(22,23)24)3-6-13(15)17(14)28/h1-9H,(H,25,28)(H,26,27,29). The minimum Gasteiger partial charge on any atom is -0.360 e. The molecule has 0 spiro atoms. The molecule has 152 valence electrons. The van der Waals surface area contributed by atoms with Crippen molar-refractivity contribution in [2.24, 2.45) is 0 Å². The Morgan fingerprint density at radius 1 is 1.13 bits per heavy atom. The Morgan fingerprint density at radius 3 is 2.57 bits per heavy atom. The summed E-state index contributed by atoms with van der Waals surface area (Å²) in [6.07, 6.45) is -3.44. The third kappa shape index (κ3) is 3.94. The van der Waals surface area contributed by atoms with Crippen LogP contribution in [0.5, 0.6) is 0 Å². The van der Waals surface area contributed by atoms with Crippen LogP contribution in [0.3, 0.4) is 0 Å². The second-order valence-corrected chi connectivity index (χ2v) is 7.58. The van der Waals surface area contributed by atoms with E-state index in [-0.39, 0.29) is 21.6 Å². The Balaban J connectivity index is 1.60. The van der Waals surface area contributed by atoms with Crippen molar-refractivity contribution in [3.8, 4) is 11.3 Å². The molecule has 2 aromatic carbocycles. The van der Waals surface area contributed by atoms with Gasteiger partial charge in [-0.3, -0.25) is 14.9 Å². The topological polar surface area (TPSA) is 74.8 Å². The molecule has 2 N–H and O–H groups in total. The summed E-state index contributed by atoms with van der Waals surface area (Å²) >= 11 is 7.04. The predicted molar refractivity (Wildman–Crippen MR) is 110 cm³/mol. The zero-order valence-electron chi connectivity index (χ0n) is 14.9. The number of aromatic amines is 1. The highest BCUT2D eigenvalue weighted by molar-refractivity contribution is 7.14. The summed E-state index contributed by atoms with van der Waals surface area (Å²) in [4.78, 5) is 32.0. The van der Waals surface area contributed by atoms with Crippen LogP contribution in [0.2, 0.25) is 5.02 Å². The summed E-state index contributed by atoms with van der Waals surface area (Å²) in [5.41, 5.74) is -0.375. The van der Waals surface area contributed by atoms with Gasteiger partial charge in [-0.25, -0.2) is 4.98 Å². The number of halogens is 4. The zero-order valence-corrected chi connectivity index (χ0v) is 16.5. The number of benzene rings is 2. The predicted octanol–water partition coefficient (Wildman–Crippen LogP) is 5.58. The van der Waals surface area contributed by atoms with Crippen molar-refractivity contribution in [2.75, 3.05) is 5.32 Å². The highest BCUT2D eigenvalue weighted by atomic mass is 35.5. The summed E-state index contributed by atoms with van der Waals surface area (Å²) in [7, 11) is 0. The summed E-state index contributed by atoms with van der Waals surface area (Å²) in [6.45, 7) is 0. The fraction of sp³-hybridized carbons (Fsp3) is 0.0500. The smallest absolute Gasteiger partial charge is 0.360 e. The van der Waals surface area contributed by atoms with Gasteiger partial charge in [0.25, 0.3) is 5.91 Å². The molecular formula is C20H11ClF3N3O2S. The molecule has 0 saturated carbocycles. The van der Waals surface area contributed by atoms with Crippen LogP contribution in [0.25, 0.3) is 22.2 Å². The van der Waals surface area contributed by atoms with Crippen LogP contribution in [-0.4, -0.2) is 15.9 Å². The lowest BCUT2D eigenvalue weighted by atomic mass is 10.1. The van der Waals surface area contributed by atoms with Gasteiger partial charge >= 0.3 is 6.18 Å². The van der Waals surface area contributed by atoms with Crippen molar-refractivity contribution < 1.29 is 18.0 Å². The van der Waals surface area contributed by atoms with E-state index in [9.17, 15) is 22.8 Å². The molecular weight excluding hydrogens is 439 g/mol. The van der Waals surface area contributed by atoms with Gasteiger partial charge in [0.1, 0.15) is 5.56 Å². The summed E-state index contributed by atoms with van der Waals surface area (Å²) in [6, 6.07) is 9.69. The monoisotopic (exact) mass is 449 g/mol.